The van der Waals surface area contributed by atoms with Gasteiger partial charge in [0.15, 0.2) is 0 Å². The van der Waals surface area contributed by atoms with Crippen LogP contribution >= 0.6 is 34.8 Å². The molecule has 1 aliphatic carbocycles. The number of hydrogen-bond donors (Lipinski definition) is 0. The second kappa shape index (κ2) is 6.51. The minimum Gasteiger partial charge on any atom is -0.220 e. The molecule has 21 heavy (non-hydrogen) atoms. The van der Waals surface area contributed by atoms with E-state index in [0.717, 1.165) is 24.2 Å². The van der Waals surface area contributed by atoms with E-state index in [1.165, 1.54) is 19.3 Å². The lowest BCUT2D eigenvalue weighted by molar-refractivity contribution is 0.428. The van der Waals surface area contributed by atoms with Crippen molar-refractivity contribution in [3.8, 4) is 11.1 Å². The van der Waals surface area contributed by atoms with E-state index in [-0.39, 0.29) is 0 Å². The summed E-state index contributed by atoms with van der Waals surface area (Å²) in [5.74, 6) is 1.15. The van der Waals surface area contributed by atoms with Crippen LogP contribution < -0.4 is 0 Å². The minimum atomic E-state index is 0.377. The standard InChI is InChI=1S/C16H15Cl3N2/c17-12-8-4-7-11(9-12)13-14(18)20-16(21-15(13)19)10-5-2-1-3-6-10/h4,7-10H,1-3,5-6H2. The molecule has 0 bridgehead atoms. The van der Waals surface area contributed by atoms with Gasteiger partial charge in [0.25, 0.3) is 0 Å². The van der Waals surface area contributed by atoms with Gasteiger partial charge in [0.1, 0.15) is 16.1 Å². The summed E-state index contributed by atoms with van der Waals surface area (Å²) in [7, 11) is 0. The molecule has 3 rings (SSSR count). The van der Waals surface area contributed by atoms with Crippen LogP contribution in [-0.2, 0) is 0 Å². The molecule has 0 atom stereocenters. The molecule has 0 saturated heterocycles. The van der Waals surface area contributed by atoms with E-state index >= 15 is 0 Å². The number of halogens is 3. The summed E-state index contributed by atoms with van der Waals surface area (Å²) in [5, 5.41) is 1.44. The van der Waals surface area contributed by atoms with E-state index in [4.69, 9.17) is 34.8 Å². The monoisotopic (exact) mass is 340 g/mol. The average molecular weight is 342 g/mol. The van der Waals surface area contributed by atoms with Gasteiger partial charge < -0.3 is 0 Å². The van der Waals surface area contributed by atoms with Gasteiger partial charge in [-0.2, -0.15) is 0 Å². The van der Waals surface area contributed by atoms with Crippen LogP contribution in [0, 0.1) is 0 Å². The number of rotatable bonds is 2. The summed E-state index contributed by atoms with van der Waals surface area (Å²) >= 11 is 18.7. The molecule has 1 aliphatic rings. The SMILES string of the molecule is Clc1cccc(-c2c(Cl)nc(C3CCCCC3)nc2Cl)c1. The maximum absolute atomic E-state index is 6.36. The largest absolute Gasteiger partial charge is 0.220 e. The zero-order chi connectivity index (χ0) is 14.8. The van der Waals surface area contributed by atoms with E-state index in [1.54, 1.807) is 0 Å². The Kier molecular flexibility index (Phi) is 4.68. The Hall–Kier alpha value is -0.830. The van der Waals surface area contributed by atoms with Crippen molar-refractivity contribution >= 4 is 34.8 Å². The van der Waals surface area contributed by atoms with Crippen molar-refractivity contribution in [2.45, 2.75) is 38.0 Å². The highest BCUT2D eigenvalue weighted by atomic mass is 35.5. The molecule has 1 saturated carbocycles. The van der Waals surface area contributed by atoms with Gasteiger partial charge in [-0.25, -0.2) is 9.97 Å². The van der Waals surface area contributed by atoms with E-state index in [9.17, 15) is 0 Å². The minimum absolute atomic E-state index is 0.377. The Morgan fingerprint density at radius 3 is 2.19 bits per heavy atom. The molecule has 5 heteroatoms. The van der Waals surface area contributed by atoms with Crippen molar-refractivity contribution in [3.05, 3.63) is 45.4 Å². The van der Waals surface area contributed by atoms with Gasteiger partial charge in [-0.05, 0) is 30.5 Å². The van der Waals surface area contributed by atoms with Gasteiger partial charge in [0.2, 0.25) is 0 Å². The fraction of sp³-hybridized carbons (Fsp3) is 0.375. The van der Waals surface area contributed by atoms with Gasteiger partial charge in [-0.15, -0.1) is 0 Å². The third kappa shape index (κ3) is 3.33. The van der Waals surface area contributed by atoms with Crippen molar-refractivity contribution in [1.29, 1.82) is 0 Å². The van der Waals surface area contributed by atoms with Crippen molar-refractivity contribution < 1.29 is 0 Å². The van der Waals surface area contributed by atoms with Gasteiger partial charge in [-0.3, -0.25) is 0 Å². The highest BCUT2D eigenvalue weighted by molar-refractivity contribution is 6.38. The second-order valence-corrected chi connectivity index (χ2v) is 6.54. The molecule has 0 N–H and O–H groups in total. The van der Waals surface area contributed by atoms with E-state index in [2.05, 4.69) is 9.97 Å². The van der Waals surface area contributed by atoms with Crippen LogP contribution in [0.2, 0.25) is 15.3 Å². The van der Waals surface area contributed by atoms with Gasteiger partial charge in [-0.1, -0.05) is 66.2 Å². The van der Waals surface area contributed by atoms with Gasteiger partial charge in [0.05, 0.1) is 5.56 Å². The Morgan fingerprint density at radius 2 is 1.57 bits per heavy atom. The first-order valence-corrected chi connectivity index (χ1v) is 8.27. The molecule has 0 spiro atoms. The quantitative estimate of drug-likeness (QED) is 0.612. The van der Waals surface area contributed by atoms with Crippen LogP contribution in [-0.4, -0.2) is 9.97 Å². The topological polar surface area (TPSA) is 25.8 Å². The summed E-state index contributed by atoms with van der Waals surface area (Å²) in [6.07, 6.45) is 5.96. The lowest BCUT2D eigenvalue weighted by atomic mass is 9.88. The Balaban J connectivity index is 2.00. The molecule has 2 nitrogen and oxygen atoms in total. The predicted molar refractivity (Wildman–Crippen MR) is 88.3 cm³/mol. The lowest BCUT2D eigenvalue weighted by Gasteiger charge is -2.21. The number of aromatic nitrogens is 2. The van der Waals surface area contributed by atoms with E-state index in [1.807, 2.05) is 24.3 Å². The molecule has 1 fully saturated rings. The fourth-order valence-corrected chi connectivity index (χ4v) is 3.66. The molecule has 1 aromatic carbocycles. The fourth-order valence-electron chi connectivity index (χ4n) is 2.85. The molecule has 1 heterocycles. The van der Waals surface area contributed by atoms with Gasteiger partial charge >= 0.3 is 0 Å². The zero-order valence-electron chi connectivity index (χ0n) is 11.5. The Bertz CT molecular complexity index is 629. The second-order valence-electron chi connectivity index (χ2n) is 5.38. The maximum Gasteiger partial charge on any atom is 0.142 e. The first-order chi connectivity index (χ1) is 10.1. The van der Waals surface area contributed by atoms with Crippen LogP contribution in [0.1, 0.15) is 43.8 Å². The molecule has 0 aliphatic heterocycles. The highest BCUT2D eigenvalue weighted by Gasteiger charge is 2.21. The lowest BCUT2D eigenvalue weighted by Crippen LogP contribution is -2.09. The van der Waals surface area contributed by atoms with Crippen LogP contribution in [0.3, 0.4) is 0 Å². The Morgan fingerprint density at radius 1 is 0.905 bits per heavy atom. The van der Waals surface area contributed by atoms with Crippen molar-refractivity contribution in [2.24, 2.45) is 0 Å². The summed E-state index contributed by atoms with van der Waals surface area (Å²) in [4.78, 5) is 8.98. The molecule has 0 unspecified atom stereocenters. The first kappa shape index (κ1) is 15.1. The molecule has 2 aromatic rings. The molecular formula is C16H15Cl3N2. The summed E-state index contributed by atoms with van der Waals surface area (Å²) < 4.78 is 0. The van der Waals surface area contributed by atoms with Crippen LogP contribution in [0.4, 0.5) is 0 Å². The maximum atomic E-state index is 6.36. The summed E-state index contributed by atoms with van der Waals surface area (Å²) in [5.41, 5.74) is 1.49. The van der Waals surface area contributed by atoms with E-state index < -0.39 is 0 Å². The van der Waals surface area contributed by atoms with Crippen LogP contribution in [0.15, 0.2) is 24.3 Å². The molecule has 0 radical (unpaired) electrons. The molecule has 110 valence electrons. The smallest absolute Gasteiger partial charge is 0.142 e. The molecular weight excluding hydrogens is 327 g/mol. The molecule has 0 amide bonds. The van der Waals surface area contributed by atoms with Crippen molar-refractivity contribution in [1.82, 2.24) is 9.97 Å². The van der Waals surface area contributed by atoms with Crippen LogP contribution in [0.5, 0.6) is 0 Å². The number of benzene rings is 1. The Labute approximate surface area is 139 Å². The highest BCUT2D eigenvalue weighted by Crippen LogP contribution is 2.37. The zero-order valence-corrected chi connectivity index (χ0v) is 13.7. The number of nitrogens with zero attached hydrogens (tertiary/aromatic N) is 2. The van der Waals surface area contributed by atoms with Gasteiger partial charge in [0, 0.05) is 10.9 Å². The average Bonchev–Trinajstić information content (AvgIpc) is 2.47. The predicted octanol–water partition coefficient (Wildman–Crippen LogP) is 6.15. The molecule has 1 aromatic heterocycles. The van der Waals surface area contributed by atoms with E-state index in [0.29, 0.717) is 26.8 Å². The van der Waals surface area contributed by atoms with Crippen molar-refractivity contribution in [3.63, 3.8) is 0 Å². The van der Waals surface area contributed by atoms with Crippen LogP contribution in [0.25, 0.3) is 11.1 Å². The first-order valence-electron chi connectivity index (χ1n) is 7.14. The third-order valence-electron chi connectivity index (χ3n) is 3.92. The third-order valence-corrected chi connectivity index (χ3v) is 4.70. The summed E-state index contributed by atoms with van der Waals surface area (Å²) in [6, 6.07) is 7.39. The number of hydrogen-bond acceptors (Lipinski definition) is 2. The van der Waals surface area contributed by atoms with Crippen molar-refractivity contribution in [2.75, 3.05) is 0 Å². The summed E-state index contributed by atoms with van der Waals surface area (Å²) in [6.45, 7) is 0. The normalized spacial score (nSPS) is 16.1.